The summed E-state index contributed by atoms with van der Waals surface area (Å²) in [6.45, 7) is 0. The van der Waals surface area contributed by atoms with Crippen LogP contribution in [0.5, 0.6) is 0 Å². The van der Waals surface area contributed by atoms with Crippen molar-refractivity contribution in [3.63, 3.8) is 0 Å². The minimum atomic E-state index is -0.319. The minimum Gasteiger partial charge on any atom is -0.273 e. The second kappa shape index (κ2) is 4.61. The molecule has 0 spiro atoms. The van der Waals surface area contributed by atoms with Crippen molar-refractivity contribution in [3.05, 3.63) is 33.3 Å². The van der Waals surface area contributed by atoms with E-state index in [9.17, 15) is 4.79 Å². The lowest BCUT2D eigenvalue weighted by molar-refractivity contribution is 0.764. The number of nitriles is 1. The number of halogens is 1. The Morgan fingerprint density at radius 1 is 1.65 bits per heavy atom. The lowest BCUT2D eigenvalue weighted by Gasteiger charge is -2.02. The zero-order valence-electron chi connectivity index (χ0n) is 8.64. The van der Waals surface area contributed by atoms with Gasteiger partial charge in [0.15, 0.2) is 5.16 Å². The molecule has 0 aliphatic heterocycles. The van der Waals surface area contributed by atoms with Crippen molar-refractivity contribution in [2.75, 3.05) is 0 Å². The maximum atomic E-state index is 11.2. The molecular weight excluding hydrogens is 262 g/mol. The first-order chi connectivity index (χ1) is 8.13. The molecule has 86 valence electrons. The third kappa shape index (κ3) is 2.18. The van der Waals surface area contributed by atoms with Gasteiger partial charge in [0.2, 0.25) is 0 Å². The molecule has 2 heterocycles. The molecule has 17 heavy (non-hydrogen) atoms. The molecule has 0 unspecified atom stereocenters. The van der Waals surface area contributed by atoms with E-state index in [-0.39, 0.29) is 10.7 Å². The summed E-state index contributed by atoms with van der Waals surface area (Å²) in [5.74, 6) is 0. The van der Waals surface area contributed by atoms with Gasteiger partial charge in [-0.3, -0.25) is 4.57 Å². The van der Waals surface area contributed by atoms with E-state index in [1.165, 1.54) is 16.8 Å². The van der Waals surface area contributed by atoms with Crippen LogP contribution in [-0.2, 0) is 7.05 Å². The number of hydrogen-bond donors (Lipinski definition) is 1. The molecule has 8 heteroatoms. The van der Waals surface area contributed by atoms with Crippen molar-refractivity contribution in [2.45, 2.75) is 10.2 Å². The van der Waals surface area contributed by atoms with Crippen molar-refractivity contribution < 1.29 is 0 Å². The second-order valence-electron chi connectivity index (χ2n) is 3.06. The highest BCUT2D eigenvalue weighted by Gasteiger charge is 2.12. The van der Waals surface area contributed by atoms with Crippen LogP contribution < -0.4 is 5.69 Å². The first-order valence-electron chi connectivity index (χ1n) is 4.47. The zero-order chi connectivity index (χ0) is 12.4. The summed E-state index contributed by atoms with van der Waals surface area (Å²) in [5, 5.41) is 16.1. The number of pyridine rings is 1. The maximum Gasteiger partial charge on any atom is 0.343 e. The van der Waals surface area contributed by atoms with E-state index in [0.717, 1.165) is 11.8 Å². The van der Waals surface area contributed by atoms with Crippen LogP contribution in [0.2, 0.25) is 5.02 Å². The van der Waals surface area contributed by atoms with E-state index < -0.39 is 0 Å². The van der Waals surface area contributed by atoms with Gasteiger partial charge in [-0.15, -0.1) is 5.10 Å². The highest BCUT2D eigenvalue weighted by molar-refractivity contribution is 7.99. The van der Waals surface area contributed by atoms with E-state index >= 15 is 0 Å². The Morgan fingerprint density at radius 3 is 3.00 bits per heavy atom. The Kier molecular flexibility index (Phi) is 3.17. The van der Waals surface area contributed by atoms with E-state index in [0.29, 0.717) is 15.7 Å². The molecule has 0 amide bonds. The van der Waals surface area contributed by atoms with Crippen molar-refractivity contribution in [1.29, 1.82) is 5.26 Å². The lowest BCUT2D eigenvalue weighted by atomic mass is 10.3. The number of hydrogen-bond acceptors (Lipinski definition) is 5. The number of aromatic nitrogens is 4. The van der Waals surface area contributed by atoms with Crippen LogP contribution in [-0.4, -0.2) is 19.7 Å². The summed E-state index contributed by atoms with van der Waals surface area (Å²) >= 11 is 7.10. The van der Waals surface area contributed by atoms with Crippen LogP contribution in [0.1, 0.15) is 5.56 Å². The summed E-state index contributed by atoms with van der Waals surface area (Å²) in [5.41, 5.74) is 0.0183. The van der Waals surface area contributed by atoms with Gasteiger partial charge >= 0.3 is 5.69 Å². The van der Waals surface area contributed by atoms with E-state index in [1.807, 2.05) is 6.07 Å². The third-order valence-corrected chi connectivity index (χ3v) is 3.55. The second-order valence-corrected chi connectivity index (χ2v) is 4.40. The van der Waals surface area contributed by atoms with Crippen molar-refractivity contribution in [2.24, 2.45) is 7.05 Å². The summed E-state index contributed by atoms with van der Waals surface area (Å²) in [6, 6.07) is 3.48. The molecular formula is C9H6ClN5OS. The molecule has 0 aliphatic carbocycles. The molecule has 2 rings (SSSR count). The van der Waals surface area contributed by atoms with Crippen LogP contribution in [0.3, 0.4) is 0 Å². The Morgan fingerprint density at radius 2 is 2.41 bits per heavy atom. The van der Waals surface area contributed by atoms with Gasteiger partial charge in [-0.25, -0.2) is 14.9 Å². The van der Waals surface area contributed by atoms with Gasteiger partial charge in [0.05, 0.1) is 10.6 Å². The van der Waals surface area contributed by atoms with Gasteiger partial charge in [0.1, 0.15) is 11.1 Å². The molecule has 0 saturated heterocycles. The first kappa shape index (κ1) is 11.7. The third-order valence-electron chi connectivity index (χ3n) is 2.00. The van der Waals surface area contributed by atoms with Crippen molar-refractivity contribution >= 4 is 23.4 Å². The molecule has 0 aromatic carbocycles. The van der Waals surface area contributed by atoms with Crippen molar-refractivity contribution in [3.8, 4) is 6.07 Å². The molecule has 0 bridgehead atoms. The topological polar surface area (TPSA) is 87.4 Å². The minimum absolute atomic E-state index is 0.260. The number of aromatic amines is 1. The standard InChI is InChI=1S/C9H6ClN5OS/c1-15-8(16)13-14-9(15)17-7-6(10)5(4-11)2-3-12-7/h2-3H,1H3,(H,13,16). The Labute approximate surface area is 105 Å². The molecule has 0 atom stereocenters. The number of H-pyrrole nitrogens is 1. The van der Waals surface area contributed by atoms with Gasteiger partial charge in [0, 0.05) is 13.2 Å². The predicted molar refractivity (Wildman–Crippen MR) is 61.9 cm³/mol. The summed E-state index contributed by atoms with van der Waals surface area (Å²) in [4.78, 5) is 15.2. The number of rotatable bonds is 2. The molecule has 6 nitrogen and oxygen atoms in total. The predicted octanol–water partition coefficient (Wildman–Crippen LogP) is 1.18. The number of nitrogens with zero attached hydrogens (tertiary/aromatic N) is 4. The monoisotopic (exact) mass is 267 g/mol. The van der Waals surface area contributed by atoms with E-state index in [1.54, 1.807) is 7.05 Å². The average molecular weight is 268 g/mol. The molecule has 0 fully saturated rings. The largest absolute Gasteiger partial charge is 0.343 e. The molecule has 2 aromatic rings. The van der Waals surface area contributed by atoms with Crippen LogP contribution in [0.15, 0.2) is 27.2 Å². The lowest BCUT2D eigenvalue weighted by Crippen LogP contribution is -2.12. The van der Waals surface area contributed by atoms with Gasteiger partial charge in [-0.05, 0) is 17.8 Å². The highest BCUT2D eigenvalue weighted by Crippen LogP contribution is 2.31. The maximum absolute atomic E-state index is 11.2. The number of nitrogens with one attached hydrogen (secondary N) is 1. The highest BCUT2D eigenvalue weighted by atomic mass is 35.5. The quantitative estimate of drug-likeness (QED) is 0.883. The summed E-state index contributed by atoms with van der Waals surface area (Å²) < 4.78 is 1.34. The summed E-state index contributed by atoms with van der Waals surface area (Å²) in [6.07, 6.45) is 1.48. The van der Waals surface area contributed by atoms with Gasteiger partial charge in [-0.1, -0.05) is 11.6 Å². The molecule has 0 saturated carbocycles. The molecule has 1 N–H and O–H groups in total. The average Bonchev–Trinajstić information content (AvgIpc) is 2.64. The Bertz CT molecular complexity index is 656. The van der Waals surface area contributed by atoms with Crippen molar-refractivity contribution in [1.82, 2.24) is 19.7 Å². The van der Waals surface area contributed by atoms with Crippen LogP contribution in [0.4, 0.5) is 0 Å². The fourth-order valence-electron chi connectivity index (χ4n) is 1.09. The summed E-state index contributed by atoms with van der Waals surface area (Å²) in [7, 11) is 1.58. The molecule has 2 aromatic heterocycles. The van der Waals surface area contributed by atoms with Crippen LogP contribution in [0.25, 0.3) is 0 Å². The van der Waals surface area contributed by atoms with Crippen LogP contribution in [0, 0.1) is 11.3 Å². The smallest absolute Gasteiger partial charge is 0.273 e. The first-order valence-corrected chi connectivity index (χ1v) is 5.66. The van der Waals surface area contributed by atoms with E-state index in [2.05, 4.69) is 15.2 Å². The fourth-order valence-corrected chi connectivity index (χ4v) is 2.16. The van der Waals surface area contributed by atoms with Gasteiger partial charge in [0.25, 0.3) is 0 Å². The van der Waals surface area contributed by atoms with Gasteiger partial charge < -0.3 is 0 Å². The van der Waals surface area contributed by atoms with E-state index in [4.69, 9.17) is 16.9 Å². The zero-order valence-corrected chi connectivity index (χ0v) is 10.2. The fraction of sp³-hybridized carbons (Fsp3) is 0.111. The Balaban J connectivity index is 2.41. The normalized spacial score (nSPS) is 10.2. The molecule has 0 radical (unpaired) electrons. The molecule has 0 aliphatic rings. The van der Waals surface area contributed by atoms with Gasteiger partial charge in [-0.2, -0.15) is 5.26 Å². The van der Waals surface area contributed by atoms with Crippen LogP contribution >= 0.6 is 23.4 Å². The Hall–Kier alpha value is -1.78. The SMILES string of the molecule is Cn1c(Sc2nccc(C#N)c2Cl)n[nH]c1=O.